The van der Waals surface area contributed by atoms with Gasteiger partial charge in [-0.15, -0.1) is 0 Å². The van der Waals surface area contributed by atoms with Crippen molar-refractivity contribution in [2.24, 2.45) is 5.41 Å². The molecule has 1 nitrogen and oxygen atoms in total. The molecule has 0 aliphatic heterocycles. The second-order valence-electron chi connectivity index (χ2n) is 3.26. The molecule has 0 atom stereocenters. The molecule has 0 bridgehead atoms. The van der Waals surface area contributed by atoms with Gasteiger partial charge in [-0.3, -0.25) is 4.79 Å². The highest BCUT2D eigenvalue weighted by Gasteiger charge is 2.26. The van der Waals surface area contributed by atoms with Crippen LogP contribution < -0.4 is 0 Å². The first-order valence-electron chi connectivity index (χ1n) is 3.70. The van der Waals surface area contributed by atoms with Crippen molar-refractivity contribution in [2.75, 3.05) is 0 Å². The molecule has 2 heteroatoms. The summed E-state index contributed by atoms with van der Waals surface area (Å²) in [5, 5.41) is 0. The Balaban J connectivity index is 3.75. The molecular formula is C8H15FO. The molecule has 0 N–H and O–H groups in total. The Bertz CT molecular complexity index is 118. The van der Waals surface area contributed by atoms with Crippen molar-refractivity contribution < 1.29 is 9.18 Å². The first-order valence-corrected chi connectivity index (χ1v) is 3.70. The van der Waals surface area contributed by atoms with E-state index in [1.165, 1.54) is 0 Å². The van der Waals surface area contributed by atoms with Crippen LogP contribution in [0.15, 0.2) is 0 Å². The summed E-state index contributed by atoms with van der Waals surface area (Å²) in [6.07, 6.45) is 2.58. The number of halogens is 1. The van der Waals surface area contributed by atoms with Crippen LogP contribution >= 0.6 is 0 Å². The van der Waals surface area contributed by atoms with Crippen molar-refractivity contribution in [3.63, 3.8) is 0 Å². The molecular weight excluding hydrogens is 131 g/mol. The normalized spacial score (nSPS) is 11.6. The summed E-state index contributed by atoms with van der Waals surface area (Å²) >= 11 is 0. The topological polar surface area (TPSA) is 17.1 Å². The molecule has 0 aromatic carbocycles. The first kappa shape index (κ1) is 9.60. The van der Waals surface area contributed by atoms with Crippen LogP contribution in [0.4, 0.5) is 4.39 Å². The molecule has 0 aromatic rings. The Morgan fingerprint density at radius 3 is 2.30 bits per heavy atom. The number of unbranched alkanes of at least 4 members (excludes halogenated alkanes) is 1. The highest BCUT2D eigenvalue weighted by molar-refractivity contribution is 5.74. The summed E-state index contributed by atoms with van der Waals surface area (Å²) in [5.74, 6) is 0. The molecule has 0 unspecified atom stereocenters. The van der Waals surface area contributed by atoms with E-state index in [1.54, 1.807) is 13.8 Å². The Labute approximate surface area is 61.6 Å². The molecule has 10 heavy (non-hydrogen) atoms. The van der Waals surface area contributed by atoms with Crippen LogP contribution in [0.3, 0.4) is 0 Å². The number of hydrogen-bond acceptors (Lipinski definition) is 1. The predicted molar refractivity (Wildman–Crippen MR) is 39.4 cm³/mol. The molecule has 0 saturated heterocycles. The first-order chi connectivity index (χ1) is 4.50. The molecule has 0 aromatic heterocycles. The van der Waals surface area contributed by atoms with Gasteiger partial charge < -0.3 is 0 Å². The maximum atomic E-state index is 12.2. The van der Waals surface area contributed by atoms with Crippen LogP contribution in [0.2, 0.25) is 0 Å². The summed E-state index contributed by atoms with van der Waals surface area (Å²) in [5.41, 5.74) is -0.754. The van der Waals surface area contributed by atoms with E-state index in [4.69, 9.17) is 0 Å². The molecule has 0 spiro atoms. The number of carbonyl (C=O) groups is 1. The third-order valence-electron chi connectivity index (χ3n) is 1.69. The van der Waals surface area contributed by atoms with Crippen LogP contribution in [-0.4, -0.2) is 6.04 Å². The molecule has 0 rings (SSSR count). The van der Waals surface area contributed by atoms with Crippen molar-refractivity contribution in [1.29, 1.82) is 0 Å². The molecule has 0 heterocycles. The number of rotatable bonds is 4. The van der Waals surface area contributed by atoms with Crippen LogP contribution in [0.1, 0.15) is 40.0 Å². The van der Waals surface area contributed by atoms with E-state index < -0.39 is 11.5 Å². The standard InChI is InChI=1S/C8H15FO/c1-4-5-6-8(2,3)7(9)10/h4-6H2,1-3H3. The van der Waals surface area contributed by atoms with Gasteiger partial charge in [0.25, 0.3) is 0 Å². The third-order valence-corrected chi connectivity index (χ3v) is 1.69. The maximum absolute atomic E-state index is 12.2. The third kappa shape index (κ3) is 2.95. The monoisotopic (exact) mass is 146 g/mol. The fourth-order valence-corrected chi connectivity index (χ4v) is 0.717. The zero-order valence-corrected chi connectivity index (χ0v) is 6.91. The van der Waals surface area contributed by atoms with Crippen molar-refractivity contribution in [1.82, 2.24) is 0 Å². The Morgan fingerprint density at radius 2 is 2.00 bits per heavy atom. The molecule has 0 aliphatic carbocycles. The summed E-state index contributed by atoms with van der Waals surface area (Å²) in [4.78, 5) is 10.3. The van der Waals surface area contributed by atoms with E-state index in [2.05, 4.69) is 0 Å². The Morgan fingerprint density at radius 1 is 1.50 bits per heavy atom. The van der Waals surface area contributed by atoms with E-state index in [0.29, 0.717) is 6.42 Å². The van der Waals surface area contributed by atoms with Gasteiger partial charge in [0.1, 0.15) is 0 Å². The second-order valence-corrected chi connectivity index (χ2v) is 3.26. The van der Waals surface area contributed by atoms with Gasteiger partial charge in [-0.25, -0.2) is 0 Å². The lowest BCUT2D eigenvalue weighted by atomic mass is 9.88. The summed E-state index contributed by atoms with van der Waals surface area (Å²) in [6.45, 7) is 5.31. The maximum Gasteiger partial charge on any atom is 0.307 e. The highest BCUT2D eigenvalue weighted by atomic mass is 19.1. The fraction of sp³-hybridized carbons (Fsp3) is 0.875. The molecule has 0 aliphatic rings. The van der Waals surface area contributed by atoms with E-state index >= 15 is 0 Å². The minimum absolute atomic E-state index is 0.652. The molecule has 60 valence electrons. The Kier molecular flexibility index (Phi) is 3.54. The number of carbonyl (C=O) groups excluding carboxylic acids is 1. The van der Waals surface area contributed by atoms with Gasteiger partial charge in [0, 0.05) is 0 Å². The summed E-state index contributed by atoms with van der Waals surface area (Å²) in [7, 11) is 0. The van der Waals surface area contributed by atoms with E-state index in [9.17, 15) is 9.18 Å². The van der Waals surface area contributed by atoms with Crippen molar-refractivity contribution in [3.8, 4) is 0 Å². The fourth-order valence-electron chi connectivity index (χ4n) is 0.717. The molecule has 0 saturated carbocycles. The van der Waals surface area contributed by atoms with Gasteiger partial charge >= 0.3 is 6.04 Å². The number of hydrogen-bond donors (Lipinski definition) is 0. The van der Waals surface area contributed by atoms with Crippen molar-refractivity contribution in [3.05, 3.63) is 0 Å². The Hall–Kier alpha value is -0.400. The lowest BCUT2D eigenvalue weighted by Gasteiger charge is -2.16. The molecule has 0 amide bonds. The van der Waals surface area contributed by atoms with E-state index in [0.717, 1.165) is 12.8 Å². The SMILES string of the molecule is CCCCC(C)(C)C(=O)F. The largest absolute Gasteiger partial charge is 0.307 e. The smallest absolute Gasteiger partial charge is 0.261 e. The molecule has 0 radical (unpaired) electrons. The van der Waals surface area contributed by atoms with Crippen LogP contribution in [0.25, 0.3) is 0 Å². The lowest BCUT2D eigenvalue weighted by Crippen LogP contribution is -2.19. The average Bonchev–Trinajstić information content (AvgIpc) is 1.84. The van der Waals surface area contributed by atoms with Gasteiger partial charge in [0.15, 0.2) is 0 Å². The van der Waals surface area contributed by atoms with Gasteiger partial charge in [-0.2, -0.15) is 4.39 Å². The lowest BCUT2D eigenvalue weighted by molar-refractivity contribution is -0.138. The van der Waals surface area contributed by atoms with Crippen molar-refractivity contribution >= 4 is 6.04 Å². The molecule has 0 fully saturated rings. The van der Waals surface area contributed by atoms with Crippen LogP contribution in [0, 0.1) is 5.41 Å². The average molecular weight is 146 g/mol. The van der Waals surface area contributed by atoms with Crippen LogP contribution in [-0.2, 0) is 4.79 Å². The minimum atomic E-state index is -1.19. The van der Waals surface area contributed by atoms with Gasteiger partial charge in [-0.05, 0) is 6.42 Å². The zero-order valence-electron chi connectivity index (χ0n) is 6.91. The van der Waals surface area contributed by atoms with Crippen molar-refractivity contribution in [2.45, 2.75) is 40.0 Å². The zero-order chi connectivity index (χ0) is 8.20. The van der Waals surface area contributed by atoms with E-state index in [-0.39, 0.29) is 0 Å². The van der Waals surface area contributed by atoms with Gasteiger partial charge in [0.2, 0.25) is 0 Å². The van der Waals surface area contributed by atoms with Gasteiger partial charge in [0.05, 0.1) is 5.41 Å². The summed E-state index contributed by atoms with van der Waals surface area (Å²) < 4.78 is 12.2. The summed E-state index contributed by atoms with van der Waals surface area (Å²) in [6, 6.07) is -1.19. The minimum Gasteiger partial charge on any atom is -0.261 e. The second kappa shape index (κ2) is 3.69. The predicted octanol–water partition coefficient (Wildman–Crippen LogP) is 2.70. The van der Waals surface area contributed by atoms with Crippen LogP contribution in [0.5, 0.6) is 0 Å². The quantitative estimate of drug-likeness (QED) is 0.557. The van der Waals surface area contributed by atoms with Gasteiger partial charge in [-0.1, -0.05) is 33.6 Å². The van der Waals surface area contributed by atoms with E-state index in [1.807, 2.05) is 6.92 Å². The highest BCUT2D eigenvalue weighted by Crippen LogP contribution is 2.24.